The summed E-state index contributed by atoms with van der Waals surface area (Å²) >= 11 is 0. The smallest absolute Gasteiger partial charge is 0.239 e. The van der Waals surface area contributed by atoms with Gasteiger partial charge in [-0.15, -0.1) is 12.4 Å². The van der Waals surface area contributed by atoms with Crippen LogP contribution in [0.5, 0.6) is 0 Å². The van der Waals surface area contributed by atoms with Gasteiger partial charge in [0.15, 0.2) is 5.82 Å². The molecule has 15 heavy (non-hydrogen) atoms. The number of nitrogens with two attached hydrogens (primary N) is 1. The number of H-pyrrole nitrogens is 1. The van der Waals surface area contributed by atoms with Gasteiger partial charge < -0.3 is 11.1 Å². The van der Waals surface area contributed by atoms with Gasteiger partial charge in [-0.3, -0.25) is 9.89 Å². The Morgan fingerprint density at radius 1 is 1.47 bits per heavy atom. The number of halogens is 1. The molecule has 0 saturated heterocycles. The van der Waals surface area contributed by atoms with E-state index in [2.05, 4.69) is 15.5 Å². The lowest BCUT2D eigenvalue weighted by Gasteiger charge is -1.98. The highest BCUT2D eigenvalue weighted by molar-refractivity contribution is 6.00. The van der Waals surface area contributed by atoms with Gasteiger partial charge in [0, 0.05) is 5.39 Å². The van der Waals surface area contributed by atoms with E-state index in [-0.39, 0.29) is 24.9 Å². The van der Waals surface area contributed by atoms with E-state index in [1.54, 1.807) is 0 Å². The lowest BCUT2D eigenvalue weighted by Crippen LogP contribution is -2.22. The monoisotopic (exact) mass is 226 g/mol. The summed E-state index contributed by atoms with van der Waals surface area (Å²) in [5.41, 5.74) is 6.07. The lowest BCUT2D eigenvalue weighted by molar-refractivity contribution is -0.114. The Morgan fingerprint density at radius 2 is 2.20 bits per heavy atom. The Balaban J connectivity index is 0.00000112. The molecule has 6 heteroatoms. The molecule has 2 rings (SSSR count). The molecule has 1 heterocycles. The van der Waals surface area contributed by atoms with Crippen LogP contribution >= 0.6 is 12.4 Å². The number of anilines is 1. The number of hydrogen-bond acceptors (Lipinski definition) is 3. The van der Waals surface area contributed by atoms with Crippen molar-refractivity contribution in [1.29, 1.82) is 0 Å². The molecule has 2 aromatic rings. The van der Waals surface area contributed by atoms with Crippen LogP contribution < -0.4 is 11.1 Å². The van der Waals surface area contributed by atoms with Crippen molar-refractivity contribution < 1.29 is 4.79 Å². The summed E-state index contributed by atoms with van der Waals surface area (Å²) in [6.07, 6.45) is 0. The van der Waals surface area contributed by atoms with Gasteiger partial charge in [-0.2, -0.15) is 5.10 Å². The van der Waals surface area contributed by atoms with E-state index in [9.17, 15) is 4.79 Å². The fraction of sp³-hybridized carbons (Fsp3) is 0.111. The Kier molecular flexibility index (Phi) is 3.65. The Labute approximate surface area is 92.4 Å². The summed E-state index contributed by atoms with van der Waals surface area (Å²) in [5.74, 6) is 0.276. The minimum absolute atomic E-state index is 0. The first kappa shape index (κ1) is 11.5. The summed E-state index contributed by atoms with van der Waals surface area (Å²) in [4.78, 5) is 11.0. The van der Waals surface area contributed by atoms with Crippen LogP contribution in [0.4, 0.5) is 5.82 Å². The van der Waals surface area contributed by atoms with Crippen molar-refractivity contribution in [2.24, 2.45) is 5.73 Å². The van der Waals surface area contributed by atoms with Crippen molar-refractivity contribution in [2.75, 3.05) is 11.9 Å². The molecule has 0 fully saturated rings. The highest BCUT2D eigenvalue weighted by atomic mass is 35.5. The van der Waals surface area contributed by atoms with Crippen LogP contribution in [0.25, 0.3) is 10.9 Å². The third-order valence-electron chi connectivity index (χ3n) is 1.91. The van der Waals surface area contributed by atoms with Gasteiger partial charge >= 0.3 is 0 Å². The van der Waals surface area contributed by atoms with E-state index in [1.165, 1.54) is 0 Å². The number of aromatic amines is 1. The summed E-state index contributed by atoms with van der Waals surface area (Å²) < 4.78 is 0. The summed E-state index contributed by atoms with van der Waals surface area (Å²) in [6.45, 7) is -0.0405. The maximum atomic E-state index is 11.0. The summed E-state index contributed by atoms with van der Waals surface area (Å²) in [7, 11) is 0. The molecule has 5 nitrogen and oxygen atoms in total. The second-order valence-corrected chi connectivity index (χ2v) is 2.87. The van der Waals surface area contributed by atoms with Gasteiger partial charge in [-0.1, -0.05) is 12.1 Å². The number of hydrogen-bond donors (Lipinski definition) is 3. The molecule has 0 aliphatic carbocycles. The molecule has 0 aliphatic rings. The molecule has 1 amide bonds. The van der Waals surface area contributed by atoms with E-state index in [1.807, 2.05) is 24.3 Å². The maximum Gasteiger partial charge on any atom is 0.239 e. The van der Waals surface area contributed by atoms with Crippen LogP contribution in [0.2, 0.25) is 0 Å². The van der Waals surface area contributed by atoms with E-state index >= 15 is 0 Å². The van der Waals surface area contributed by atoms with Crippen molar-refractivity contribution in [1.82, 2.24) is 10.2 Å². The van der Waals surface area contributed by atoms with Crippen molar-refractivity contribution in [3.8, 4) is 0 Å². The van der Waals surface area contributed by atoms with E-state index in [0.717, 1.165) is 10.9 Å². The number of rotatable bonds is 2. The normalized spacial score (nSPS) is 9.67. The highest BCUT2D eigenvalue weighted by Gasteiger charge is 2.06. The predicted molar refractivity (Wildman–Crippen MR) is 61.0 cm³/mol. The molecule has 0 unspecified atom stereocenters. The van der Waals surface area contributed by atoms with Crippen LogP contribution in [0, 0.1) is 0 Å². The molecule has 80 valence electrons. The molecule has 0 aliphatic heterocycles. The zero-order chi connectivity index (χ0) is 9.97. The molecule has 0 atom stereocenters. The first-order chi connectivity index (χ1) is 6.81. The second kappa shape index (κ2) is 4.77. The standard InChI is InChI=1S/C9H10N4O.ClH/c10-5-8(14)11-9-6-3-1-2-4-7(6)12-13-9;/h1-4H,5,10H2,(H2,11,12,13,14);1H. The first-order valence-corrected chi connectivity index (χ1v) is 4.24. The number of nitrogens with one attached hydrogen (secondary N) is 2. The molecule has 1 aromatic carbocycles. The average molecular weight is 227 g/mol. The zero-order valence-corrected chi connectivity index (χ0v) is 8.67. The van der Waals surface area contributed by atoms with Gasteiger partial charge in [0.05, 0.1) is 12.1 Å². The molecule has 0 radical (unpaired) electrons. The fourth-order valence-corrected chi connectivity index (χ4v) is 1.24. The number of aromatic nitrogens is 2. The van der Waals surface area contributed by atoms with Crippen LogP contribution in [0.1, 0.15) is 0 Å². The molecule has 1 aromatic heterocycles. The molecule has 0 saturated carbocycles. The van der Waals surface area contributed by atoms with E-state index < -0.39 is 0 Å². The Hall–Kier alpha value is -1.59. The lowest BCUT2D eigenvalue weighted by atomic mass is 10.2. The average Bonchev–Trinajstić information content (AvgIpc) is 2.62. The van der Waals surface area contributed by atoms with Crippen molar-refractivity contribution in [2.45, 2.75) is 0 Å². The van der Waals surface area contributed by atoms with Crippen LogP contribution in [-0.4, -0.2) is 22.6 Å². The van der Waals surface area contributed by atoms with Crippen molar-refractivity contribution >= 4 is 35.0 Å². The number of carbonyl (C=O) groups excluding carboxylic acids is 1. The third kappa shape index (κ3) is 2.26. The number of carbonyl (C=O) groups is 1. The van der Waals surface area contributed by atoms with Gasteiger partial charge in [0.1, 0.15) is 0 Å². The van der Waals surface area contributed by atoms with Crippen LogP contribution in [-0.2, 0) is 4.79 Å². The first-order valence-electron chi connectivity index (χ1n) is 4.24. The van der Waals surface area contributed by atoms with Crippen LogP contribution in [0.3, 0.4) is 0 Å². The highest BCUT2D eigenvalue weighted by Crippen LogP contribution is 2.18. The number of benzene rings is 1. The van der Waals surface area contributed by atoms with E-state index in [0.29, 0.717) is 5.82 Å². The molecule has 4 N–H and O–H groups in total. The van der Waals surface area contributed by atoms with Crippen molar-refractivity contribution in [3.63, 3.8) is 0 Å². The maximum absolute atomic E-state index is 11.0. The minimum Gasteiger partial charge on any atom is -0.322 e. The summed E-state index contributed by atoms with van der Waals surface area (Å²) in [6, 6.07) is 7.55. The van der Waals surface area contributed by atoms with Crippen LogP contribution in [0.15, 0.2) is 24.3 Å². The molecular weight excluding hydrogens is 216 g/mol. The number of amides is 1. The number of fused-ring (bicyclic) bond motifs is 1. The molecule has 0 spiro atoms. The predicted octanol–water partition coefficient (Wildman–Crippen LogP) is 0.882. The minimum atomic E-state index is -0.248. The number of para-hydroxylation sites is 1. The quantitative estimate of drug-likeness (QED) is 0.711. The van der Waals surface area contributed by atoms with Gasteiger partial charge in [0.2, 0.25) is 5.91 Å². The summed E-state index contributed by atoms with van der Waals surface area (Å²) in [5, 5.41) is 10.3. The Morgan fingerprint density at radius 3 is 2.93 bits per heavy atom. The number of nitrogens with zero attached hydrogens (tertiary/aromatic N) is 1. The third-order valence-corrected chi connectivity index (χ3v) is 1.91. The fourth-order valence-electron chi connectivity index (χ4n) is 1.24. The second-order valence-electron chi connectivity index (χ2n) is 2.87. The van der Waals surface area contributed by atoms with Gasteiger partial charge in [-0.05, 0) is 12.1 Å². The van der Waals surface area contributed by atoms with E-state index in [4.69, 9.17) is 5.73 Å². The SMILES string of the molecule is Cl.NCC(=O)Nc1n[nH]c2ccccc12. The van der Waals surface area contributed by atoms with Gasteiger partial charge in [-0.25, -0.2) is 0 Å². The molecular formula is C9H11ClN4O. The zero-order valence-electron chi connectivity index (χ0n) is 7.86. The van der Waals surface area contributed by atoms with Crippen molar-refractivity contribution in [3.05, 3.63) is 24.3 Å². The molecule has 0 bridgehead atoms. The van der Waals surface area contributed by atoms with Gasteiger partial charge in [0.25, 0.3) is 0 Å². The largest absolute Gasteiger partial charge is 0.322 e. The topological polar surface area (TPSA) is 83.8 Å². The Bertz CT molecular complexity index is 468.